The zero-order chi connectivity index (χ0) is 12.8. The van der Waals surface area contributed by atoms with Crippen molar-refractivity contribution in [3.05, 3.63) is 17.5 Å². The van der Waals surface area contributed by atoms with E-state index >= 15 is 0 Å². The molecule has 1 amide bonds. The smallest absolute Gasteiger partial charge is 0.269 e. The summed E-state index contributed by atoms with van der Waals surface area (Å²) in [6, 6.07) is 1.81. The first-order chi connectivity index (χ1) is 8.08. The van der Waals surface area contributed by atoms with Gasteiger partial charge < -0.3 is 10.1 Å². The van der Waals surface area contributed by atoms with Crippen LogP contribution in [0.15, 0.2) is 6.07 Å². The minimum Gasteiger partial charge on any atom is -0.383 e. The maximum absolute atomic E-state index is 11.9. The van der Waals surface area contributed by atoms with Crippen molar-refractivity contribution < 1.29 is 9.53 Å². The molecule has 6 heteroatoms. The third-order valence-corrected chi connectivity index (χ3v) is 2.94. The molecule has 1 aromatic rings. The van der Waals surface area contributed by atoms with Gasteiger partial charge in [-0.05, 0) is 12.5 Å². The molecule has 0 aromatic carbocycles. The van der Waals surface area contributed by atoms with Crippen LogP contribution in [0.5, 0.6) is 0 Å². The Labute approximate surface area is 110 Å². The number of nitrogens with zero attached hydrogens (tertiary/aromatic N) is 2. The molecule has 1 unspecified atom stereocenters. The highest BCUT2D eigenvalue weighted by atomic mass is 79.9. The molecule has 0 saturated heterocycles. The van der Waals surface area contributed by atoms with Crippen molar-refractivity contribution in [2.24, 2.45) is 7.05 Å². The van der Waals surface area contributed by atoms with Crippen molar-refractivity contribution in [2.75, 3.05) is 20.3 Å². The number of alkyl halides is 1. The molecule has 1 atom stereocenters. The Morgan fingerprint density at radius 3 is 2.94 bits per heavy atom. The molecular weight excluding hydrogens is 286 g/mol. The SMILES string of the molecule is CCc1cc(C(=O)NCC(Br)COC)n(C)n1. The number of methoxy groups -OCH3 is 1. The summed E-state index contributed by atoms with van der Waals surface area (Å²) in [5, 5.41) is 7.07. The van der Waals surface area contributed by atoms with Gasteiger partial charge in [-0.2, -0.15) is 5.10 Å². The van der Waals surface area contributed by atoms with E-state index in [4.69, 9.17) is 4.74 Å². The lowest BCUT2D eigenvalue weighted by molar-refractivity contribution is 0.0940. The highest BCUT2D eigenvalue weighted by Crippen LogP contribution is 2.04. The Balaban J connectivity index is 2.54. The van der Waals surface area contributed by atoms with E-state index in [-0.39, 0.29) is 10.7 Å². The van der Waals surface area contributed by atoms with Crippen molar-refractivity contribution in [1.82, 2.24) is 15.1 Å². The minimum absolute atomic E-state index is 0.111. The Morgan fingerprint density at radius 1 is 1.71 bits per heavy atom. The molecule has 1 aromatic heterocycles. The summed E-state index contributed by atoms with van der Waals surface area (Å²) >= 11 is 3.41. The van der Waals surface area contributed by atoms with Gasteiger partial charge in [0.15, 0.2) is 0 Å². The first-order valence-electron chi connectivity index (χ1n) is 5.52. The molecule has 0 saturated carbocycles. The summed E-state index contributed by atoms with van der Waals surface area (Å²) in [7, 11) is 3.40. The van der Waals surface area contributed by atoms with E-state index in [0.717, 1.165) is 12.1 Å². The molecule has 0 fully saturated rings. The van der Waals surface area contributed by atoms with Gasteiger partial charge in [-0.15, -0.1) is 0 Å². The van der Waals surface area contributed by atoms with Crippen LogP contribution >= 0.6 is 15.9 Å². The first kappa shape index (κ1) is 14.2. The molecule has 0 radical (unpaired) electrons. The number of aromatic nitrogens is 2. The van der Waals surface area contributed by atoms with Crippen LogP contribution in [0.2, 0.25) is 0 Å². The highest BCUT2D eigenvalue weighted by molar-refractivity contribution is 9.09. The normalized spacial score (nSPS) is 12.5. The average Bonchev–Trinajstić information content (AvgIpc) is 2.68. The number of carbonyl (C=O) groups is 1. The number of carbonyl (C=O) groups excluding carboxylic acids is 1. The monoisotopic (exact) mass is 303 g/mol. The molecule has 17 heavy (non-hydrogen) atoms. The van der Waals surface area contributed by atoms with Crippen LogP contribution in [0.25, 0.3) is 0 Å². The van der Waals surface area contributed by atoms with E-state index in [9.17, 15) is 4.79 Å². The number of hydrogen-bond acceptors (Lipinski definition) is 3. The fraction of sp³-hybridized carbons (Fsp3) is 0.636. The molecule has 1 rings (SSSR count). The van der Waals surface area contributed by atoms with Crippen LogP contribution in [-0.2, 0) is 18.2 Å². The zero-order valence-electron chi connectivity index (χ0n) is 10.4. The van der Waals surface area contributed by atoms with Crippen LogP contribution < -0.4 is 5.32 Å². The second kappa shape index (κ2) is 6.76. The lowest BCUT2D eigenvalue weighted by atomic mass is 10.3. The number of halogens is 1. The van der Waals surface area contributed by atoms with Crippen molar-refractivity contribution in [3.8, 4) is 0 Å². The molecule has 0 aliphatic carbocycles. The predicted molar refractivity (Wildman–Crippen MR) is 69.5 cm³/mol. The predicted octanol–water partition coefficient (Wildman–Crippen LogP) is 1.12. The maximum atomic E-state index is 11.9. The molecule has 0 aliphatic rings. The Bertz CT molecular complexity index is 379. The van der Waals surface area contributed by atoms with Gasteiger partial charge in [0.2, 0.25) is 0 Å². The van der Waals surface area contributed by atoms with Gasteiger partial charge >= 0.3 is 0 Å². The van der Waals surface area contributed by atoms with Gasteiger partial charge in [-0.25, -0.2) is 0 Å². The van der Waals surface area contributed by atoms with Crippen LogP contribution in [0.4, 0.5) is 0 Å². The maximum Gasteiger partial charge on any atom is 0.269 e. The summed E-state index contributed by atoms with van der Waals surface area (Å²) in [4.78, 5) is 12.0. The van der Waals surface area contributed by atoms with E-state index in [1.807, 2.05) is 13.0 Å². The number of hydrogen-bond donors (Lipinski definition) is 1. The molecule has 0 bridgehead atoms. The molecule has 1 heterocycles. The lowest BCUT2D eigenvalue weighted by Gasteiger charge is -2.09. The van der Waals surface area contributed by atoms with Gasteiger partial charge in [0.25, 0.3) is 5.91 Å². The molecule has 0 spiro atoms. The lowest BCUT2D eigenvalue weighted by Crippen LogP contribution is -2.32. The number of ether oxygens (including phenoxy) is 1. The molecule has 1 N–H and O–H groups in total. The van der Waals surface area contributed by atoms with Gasteiger partial charge in [-0.1, -0.05) is 22.9 Å². The van der Waals surface area contributed by atoms with Crippen LogP contribution in [0.1, 0.15) is 23.1 Å². The highest BCUT2D eigenvalue weighted by Gasteiger charge is 2.13. The van der Waals surface area contributed by atoms with Crippen molar-refractivity contribution in [2.45, 2.75) is 18.2 Å². The van der Waals surface area contributed by atoms with E-state index in [1.165, 1.54) is 0 Å². The Morgan fingerprint density at radius 2 is 2.41 bits per heavy atom. The fourth-order valence-electron chi connectivity index (χ4n) is 1.45. The number of rotatable bonds is 6. The summed E-state index contributed by atoms with van der Waals surface area (Å²) in [6.07, 6.45) is 0.825. The van der Waals surface area contributed by atoms with Gasteiger partial charge in [0.1, 0.15) is 5.69 Å². The van der Waals surface area contributed by atoms with E-state index in [2.05, 4.69) is 26.3 Å². The van der Waals surface area contributed by atoms with Crippen LogP contribution in [-0.4, -0.2) is 40.8 Å². The second-order valence-electron chi connectivity index (χ2n) is 3.76. The molecule has 96 valence electrons. The number of aryl methyl sites for hydroxylation is 2. The number of nitrogens with one attached hydrogen (secondary N) is 1. The third-order valence-electron chi connectivity index (χ3n) is 2.36. The van der Waals surface area contributed by atoms with Gasteiger partial charge in [0.05, 0.1) is 17.1 Å². The summed E-state index contributed by atoms with van der Waals surface area (Å²) in [5.41, 5.74) is 1.50. The van der Waals surface area contributed by atoms with Crippen LogP contribution in [0.3, 0.4) is 0 Å². The molecular formula is C11H18BrN3O2. The van der Waals surface area contributed by atoms with E-state index in [1.54, 1.807) is 18.8 Å². The summed E-state index contributed by atoms with van der Waals surface area (Å²) < 4.78 is 6.58. The standard InChI is InChI=1S/C11H18BrN3O2/c1-4-9-5-10(15(2)14-9)11(16)13-6-8(12)7-17-3/h5,8H,4,6-7H2,1-3H3,(H,13,16). The topological polar surface area (TPSA) is 56.1 Å². The average molecular weight is 304 g/mol. The zero-order valence-corrected chi connectivity index (χ0v) is 12.0. The number of amides is 1. The van der Waals surface area contributed by atoms with Gasteiger partial charge in [-0.3, -0.25) is 9.48 Å². The molecule has 0 aliphatic heterocycles. The quantitative estimate of drug-likeness (QED) is 0.801. The largest absolute Gasteiger partial charge is 0.383 e. The van der Waals surface area contributed by atoms with Crippen molar-refractivity contribution >= 4 is 21.8 Å². The fourth-order valence-corrected chi connectivity index (χ4v) is 1.87. The molecule has 5 nitrogen and oxygen atoms in total. The Hall–Kier alpha value is -0.880. The van der Waals surface area contributed by atoms with E-state index in [0.29, 0.717) is 18.8 Å². The van der Waals surface area contributed by atoms with Gasteiger partial charge in [0, 0.05) is 20.7 Å². The second-order valence-corrected chi connectivity index (χ2v) is 5.06. The van der Waals surface area contributed by atoms with Crippen molar-refractivity contribution in [3.63, 3.8) is 0 Å². The third kappa shape index (κ3) is 4.12. The van der Waals surface area contributed by atoms with Crippen molar-refractivity contribution in [1.29, 1.82) is 0 Å². The first-order valence-corrected chi connectivity index (χ1v) is 6.44. The Kier molecular flexibility index (Phi) is 5.64. The summed E-state index contributed by atoms with van der Waals surface area (Å²) in [6.45, 7) is 3.10. The minimum atomic E-state index is -0.111. The van der Waals surface area contributed by atoms with Crippen LogP contribution in [0, 0.1) is 0 Å². The van der Waals surface area contributed by atoms with E-state index < -0.39 is 0 Å². The summed E-state index contributed by atoms with van der Waals surface area (Å²) in [5.74, 6) is -0.111.